The summed E-state index contributed by atoms with van der Waals surface area (Å²) in [6.45, 7) is 4.84. The minimum Gasteiger partial charge on any atom is -0.370 e. The number of hydrogen-bond donors (Lipinski definition) is 1. The van der Waals surface area contributed by atoms with Crippen molar-refractivity contribution in [1.29, 1.82) is 0 Å². The van der Waals surface area contributed by atoms with E-state index >= 15 is 0 Å². The normalized spacial score (nSPS) is 31.4. The standard InChI is InChI=1S/C17H32N2O/c1-19-12-6-15(7-13-19)5-11-18-14-16-4-10-17(20-16)8-2-3-9-17/h15-16,18H,2-14H2,1H3. The molecule has 2 saturated heterocycles. The third kappa shape index (κ3) is 3.75. The van der Waals surface area contributed by atoms with Gasteiger partial charge in [0.2, 0.25) is 0 Å². The number of ether oxygens (including phenoxy) is 1. The molecule has 0 aromatic heterocycles. The molecule has 1 unspecified atom stereocenters. The summed E-state index contributed by atoms with van der Waals surface area (Å²) in [5, 5.41) is 3.65. The van der Waals surface area contributed by atoms with Crippen molar-refractivity contribution in [3.05, 3.63) is 0 Å². The first-order valence-corrected chi connectivity index (χ1v) is 8.83. The molecule has 0 bridgehead atoms. The molecule has 116 valence electrons. The van der Waals surface area contributed by atoms with Gasteiger partial charge >= 0.3 is 0 Å². The van der Waals surface area contributed by atoms with Crippen molar-refractivity contribution in [1.82, 2.24) is 10.2 Å². The van der Waals surface area contributed by atoms with Gasteiger partial charge in [0.15, 0.2) is 0 Å². The van der Waals surface area contributed by atoms with Gasteiger partial charge in [0.25, 0.3) is 0 Å². The summed E-state index contributed by atoms with van der Waals surface area (Å²) < 4.78 is 6.35. The van der Waals surface area contributed by atoms with Crippen molar-refractivity contribution >= 4 is 0 Å². The molecule has 0 aromatic carbocycles. The van der Waals surface area contributed by atoms with Crippen molar-refractivity contribution in [2.24, 2.45) is 5.92 Å². The molecule has 3 heteroatoms. The lowest BCUT2D eigenvalue weighted by atomic mass is 9.94. The summed E-state index contributed by atoms with van der Waals surface area (Å²) in [4.78, 5) is 2.46. The Hall–Kier alpha value is -0.120. The Morgan fingerprint density at radius 1 is 1.10 bits per heavy atom. The molecule has 1 aliphatic carbocycles. The minimum atomic E-state index is 0.306. The van der Waals surface area contributed by atoms with Crippen molar-refractivity contribution in [3.63, 3.8) is 0 Å². The van der Waals surface area contributed by atoms with E-state index in [0.29, 0.717) is 11.7 Å². The Morgan fingerprint density at radius 2 is 1.85 bits per heavy atom. The molecular formula is C17H32N2O. The molecule has 3 fully saturated rings. The van der Waals surface area contributed by atoms with Crippen LogP contribution in [-0.2, 0) is 4.74 Å². The van der Waals surface area contributed by atoms with Gasteiger partial charge in [0.1, 0.15) is 0 Å². The zero-order valence-corrected chi connectivity index (χ0v) is 13.2. The highest BCUT2D eigenvalue weighted by molar-refractivity contribution is 4.93. The number of hydrogen-bond acceptors (Lipinski definition) is 3. The van der Waals surface area contributed by atoms with E-state index in [2.05, 4.69) is 17.3 Å². The van der Waals surface area contributed by atoms with Crippen LogP contribution in [0, 0.1) is 5.92 Å². The summed E-state index contributed by atoms with van der Waals surface area (Å²) in [5.41, 5.74) is 0.306. The van der Waals surface area contributed by atoms with E-state index in [1.54, 1.807) is 0 Å². The molecule has 3 nitrogen and oxygen atoms in total. The van der Waals surface area contributed by atoms with Crippen LogP contribution < -0.4 is 5.32 Å². The highest BCUT2D eigenvalue weighted by Crippen LogP contribution is 2.43. The Bertz CT molecular complexity index is 293. The second kappa shape index (κ2) is 6.76. The van der Waals surface area contributed by atoms with Gasteiger partial charge in [-0.2, -0.15) is 0 Å². The third-order valence-corrected chi connectivity index (χ3v) is 5.79. The molecule has 1 N–H and O–H groups in total. The van der Waals surface area contributed by atoms with Gasteiger partial charge in [-0.05, 0) is 77.5 Å². The number of nitrogens with zero attached hydrogens (tertiary/aromatic N) is 1. The molecule has 2 aliphatic heterocycles. The molecular weight excluding hydrogens is 248 g/mol. The van der Waals surface area contributed by atoms with Crippen LogP contribution in [0.4, 0.5) is 0 Å². The van der Waals surface area contributed by atoms with Crippen molar-refractivity contribution in [3.8, 4) is 0 Å². The van der Waals surface area contributed by atoms with Crippen LogP contribution in [-0.4, -0.2) is 49.8 Å². The van der Waals surface area contributed by atoms with Crippen LogP contribution in [0.25, 0.3) is 0 Å². The average Bonchev–Trinajstić information content (AvgIpc) is 3.08. The second-order valence-electron chi connectivity index (χ2n) is 7.41. The zero-order chi connectivity index (χ0) is 13.8. The third-order valence-electron chi connectivity index (χ3n) is 5.79. The van der Waals surface area contributed by atoms with Crippen LogP contribution in [0.2, 0.25) is 0 Å². The van der Waals surface area contributed by atoms with Crippen molar-refractivity contribution < 1.29 is 4.74 Å². The number of likely N-dealkylation sites (tertiary alicyclic amines) is 1. The van der Waals surface area contributed by atoms with E-state index in [-0.39, 0.29) is 0 Å². The summed E-state index contributed by atoms with van der Waals surface area (Å²) in [6, 6.07) is 0. The van der Waals surface area contributed by atoms with Gasteiger partial charge < -0.3 is 15.0 Å². The van der Waals surface area contributed by atoms with Gasteiger partial charge in [-0.3, -0.25) is 0 Å². The Balaban J connectivity index is 1.27. The minimum absolute atomic E-state index is 0.306. The van der Waals surface area contributed by atoms with Crippen LogP contribution in [0.3, 0.4) is 0 Å². The van der Waals surface area contributed by atoms with Gasteiger partial charge in [-0.25, -0.2) is 0 Å². The van der Waals surface area contributed by atoms with E-state index in [9.17, 15) is 0 Å². The van der Waals surface area contributed by atoms with E-state index in [1.807, 2.05) is 0 Å². The van der Waals surface area contributed by atoms with Gasteiger partial charge in [-0.15, -0.1) is 0 Å². The Kier molecular flexibility index (Phi) is 5.00. The lowest BCUT2D eigenvalue weighted by Crippen LogP contribution is -2.34. The highest BCUT2D eigenvalue weighted by atomic mass is 16.5. The van der Waals surface area contributed by atoms with E-state index < -0.39 is 0 Å². The summed E-state index contributed by atoms with van der Waals surface area (Å²) >= 11 is 0. The lowest BCUT2D eigenvalue weighted by molar-refractivity contribution is -0.0351. The Morgan fingerprint density at radius 3 is 2.60 bits per heavy atom. The fraction of sp³-hybridized carbons (Fsp3) is 1.00. The topological polar surface area (TPSA) is 24.5 Å². The first-order chi connectivity index (χ1) is 9.76. The quantitative estimate of drug-likeness (QED) is 0.784. The molecule has 2 heterocycles. The largest absolute Gasteiger partial charge is 0.370 e. The molecule has 1 atom stereocenters. The van der Waals surface area contributed by atoms with Crippen LogP contribution >= 0.6 is 0 Å². The predicted octanol–water partition coefficient (Wildman–Crippen LogP) is 2.80. The zero-order valence-electron chi connectivity index (χ0n) is 13.2. The molecule has 3 rings (SSSR count). The van der Waals surface area contributed by atoms with E-state index in [4.69, 9.17) is 4.74 Å². The maximum atomic E-state index is 6.35. The number of nitrogens with one attached hydrogen (secondary N) is 1. The van der Waals surface area contributed by atoms with Crippen LogP contribution in [0.15, 0.2) is 0 Å². The molecule has 1 saturated carbocycles. The first kappa shape index (κ1) is 14.8. The molecule has 0 amide bonds. The molecule has 3 aliphatic rings. The number of piperidine rings is 1. The summed E-state index contributed by atoms with van der Waals surface area (Å²) in [6.07, 6.45) is 12.6. The highest BCUT2D eigenvalue weighted by Gasteiger charge is 2.41. The van der Waals surface area contributed by atoms with Crippen molar-refractivity contribution in [2.45, 2.75) is 69.5 Å². The fourth-order valence-corrected chi connectivity index (χ4v) is 4.35. The molecule has 0 radical (unpaired) electrons. The SMILES string of the molecule is CN1CCC(CCNCC2CCC3(CCCC3)O2)CC1. The lowest BCUT2D eigenvalue weighted by Gasteiger charge is -2.29. The fourth-order valence-electron chi connectivity index (χ4n) is 4.35. The van der Waals surface area contributed by atoms with Crippen molar-refractivity contribution in [2.75, 3.05) is 33.2 Å². The summed E-state index contributed by atoms with van der Waals surface area (Å²) in [5.74, 6) is 0.948. The maximum absolute atomic E-state index is 6.35. The second-order valence-corrected chi connectivity index (χ2v) is 7.41. The van der Waals surface area contributed by atoms with Gasteiger partial charge in [-0.1, -0.05) is 12.8 Å². The molecule has 0 aromatic rings. The van der Waals surface area contributed by atoms with Crippen LogP contribution in [0.5, 0.6) is 0 Å². The summed E-state index contributed by atoms with van der Waals surface area (Å²) in [7, 11) is 2.24. The van der Waals surface area contributed by atoms with Crippen LogP contribution in [0.1, 0.15) is 57.8 Å². The van der Waals surface area contributed by atoms with Gasteiger partial charge in [0.05, 0.1) is 11.7 Å². The van der Waals surface area contributed by atoms with Gasteiger partial charge in [0, 0.05) is 6.54 Å². The first-order valence-electron chi connectivity index (χ1n) is 8.83. The predicted molar refractivity (Wildman–Crippen MR) is 83.0 cm³/mol. The number of rotatable bonds is 5. The molecule has 1 spiro atoms. The maximum Gasteiger partial charge on any atom is 0.0708 e. The Labute approximate surface area is 124 Å². The average molecular weight is 280 g/mol. The smallest absolute Gasteiger partial charge is 0.0708 e. The molecule has 20 heavy (non-hydrogen) atoms. The monoisotopic (exact) mass is 280 g/mol. The van der Waals surface area contributed by atoms with E-state index in [0.717, 1.165) is 12.5 Å². The van der Waals surface area contributed by atoms with E-state index in [1.165, 1.54) is 77.4 Å².